The highest BCUT2D eigenvalue weighted by atomic mass is 16.5. The smallest absolute Gasteiger partial charge is 0.232 e. The molecule has 0 spiro atoms. The highest BCUT2D eigenvalue weighted by Crippen LogP contribution is 2.23. The lowest BCUT2D eigenvalue weighted by atomic mass is 10.1. The van der Waals surface area contributed by atoms with E-state index < -0.39 is 0 Å². The molecule has 4 nitrogen and oxygen atoms in total. The van der Waals surface area contributed by atoms with Gasteiger partial charge in [-0.15, -0.1) is 0 Å². The Bertz CT molecular complexity index is 633. The SMILES string of the molecule is CN(C(=O)[C@@H]1CCOC1)c1ccc(OCc2ccccc2)cc1. The largest absolute Gasteiger partial charge is 0.489 e. The fraction of sp³-hybridized carbons (Fsp3) is 0.316. The minimum absolute atomic E-state index is 0.0194. The van der Waals surface area contributed by atoms with Crippen molar-refractivity contribution in [3.8, 4) is 5.75 Å². The maximum absolute atomic E-state index is 12.4. The summed E-state index contributed by atoms with van der Waals surface area (Å²) in [6, 6.07) is 17.7. The van der Waals surface area contributed by atoms with Gasteiger partial charge < -0.3 is 14.4 Å². The fourth-order valence-corrected chi connectivity index (χ4v) is 2.64. The van der Waals surface area contributed by atoms with Gasteiger partial charge in [0.15, 0.2) is 0 Å². The number of hydrogen-bond acceptors (Lipinski definition) is 3. The molecule has 23 heavy (non-hydrogen) atoms. The van der Waals surface area contributed by atoms with E-state index >= 15 is 0 Å². The Kier molecular flexibility index (Phi) is 4.93. The third-order valence-electron chi connectivity index (χ3n) is 4.08. The molecule has 1 atom stereocenters. The third kappa shape index (κ3) is 3.90. The van der Waals surface area contributed by atoms with Crippen molar-refractivity contribution < 1.29 is 14.3 Å². The van der Waals surface area contributed by atoms with Crippen LogP contribution in [0.1, 0.15) is 12.0 Å². The summed E-state index contributed by atoms with van der Waals surface area (Å²) in [5, 5.41) is 0. The van der Waals surface area contributed by atoms with E-state index in [0.717, 1.165) is 23.4 Å². The average molecular weight is 311 g/mol. The second kappa shape index (κ2) is 7.29. The Balaban J connectivity index is 1.59. The summed E-state index contributed by atoms with van der Waals surface area (Å²) in [6.45, 7) is 1.74. The van der Waals surface area contributed by atoms with Crippen LogP contribution in [0.25, 0.3) is 0 Å². The Morgan fingerprint density at radius 2 is 1.91 bits per heavy atom. The maximum atomic E-state index is 12.4. The van der Waals surface area contributed by atoms with Crippen molar-refractivity contribution in [1.82, 2.24) is 0 Å². The third-order valence-corrected chi connectivity index (χ3v) is 4.08. The van der Waals surface area contributed by atoms with Gasteiger partial charge in [0.2, 0.25) is 5.91 Å². The zero-order chi connectivity index (χ0) is 16.1. The van der Waals surface area contributed by atoms with Crippen molar-refractivity contribution in [2.45, 2.75) is 13.0 Å². The van der Waals surface area contributed by atoms with E-state index in [1.54, 1.807) is 11.9 Å². The molecule has 0 aromatic heterocycles. The lowest BCUT2D eigenvalue weighted by molar-refractivity contribution is -0.122. The van der Waals surface area contributed by atoms with Crippen LogP contribution in [-0.2, 0) is 16.1 Å². The van der Waals surface area contributed by atoms with Crippen molar-refractivity contribution in [3.63, 3.8) is 0 Å². The van der Waals surface area contributed by atoms with Crippen LogP contribution in [0.2, 0.25) is 0 Å². The van der Waals surface area contributed by atoms with Gasteiger partial charge in [-0.1, -0.05) is 30.3 Å². The first-order chi connectivity index (χ1) is 11.2. The molecule has 0 saturated carbocycles. The van der Waals surface area contributed by atoms with Crippen LogP contribution < -0.4 is 9.64 Å². The second-order valence-electron chi connectivity index (χ2n) is 5.73. The molecule has 0 N–H and O–H groups in total. The molecule has 2 aromatic carbocycles. The standard InChI is InChI=1S/C19H21NO3/c1-20(19(21)16-11-12-22-14-16)17-7-9-18(10-8-17)23-13-15-5-3-2-4-6-15/h2-10,16H,11-14H2,1H3/t16-/m1/s1. The van der Waals surface area contributed by atoms with E-state index in [4.69, 9.17) is 9.47 Å². The lowest BCUT2D eigenvalue weighted by Gasteiger charge is -2.20. The molecule has 2 aromatic rings. The predicted molar refractivity (Wildman–Crippen MR) is 89.6 cm³/mol. The van der Waals surface area contributed by atoms with Crippen molar-refractivity contribution in [1.29, 1.82) is 0 Å². The number of ether oxygens (including phenoxy) is 2. The average Bonchev–Trinajstić information content (AvgIpc) is 3.15. The fourth-order valence-electron chi connectivity index (χ4n) is 2.64. The van der Waals surface area contributed by atoms with Gasteiger partial charge >= 0.3 is 0 Å². The molecule has 1 aliphatic heterocycles. The molecule has 0 bridgehead atoms. The predicted octanol–water partition coefficient (Wildman–Crippen LogP) is 3.26. The minimum atomic E-state index is -0.0194. The topological polar surface area (TPSA) is 38.8 Å². The first-order valence-electron chi connectivity index (χ1n) is 7.86. The zero-order valence-electron chi connectivity index (χ0n) is 13.3. The van der Waals surface area contributed by atoms with E-state index in [-0.39, 0.29) is 11.8 Å². The number of amides is 1. The van der Waals surface area contributed by atoms with Gasteiger partial charge in [-0.2, -0.15) is 0 Å². The van der Waals surface area contributed by atoms with E-state index in [1.165, 1.54) is 0 Å². The van der Waals surface area contributed by atoms with Gasteiger partial charge in [0.1, 0.15) is 12.4 Å². The molecular weight excluding hydrogens is 290 g/mol. The number of anilines is 1. The van der Waals surface area contributed by atoms with Gasteiger partial charge in [0.25, 0.3) is 0 Å². The van der Waals surface area contributed by atoms with E-state index in [0.29, 0.717) is 19.8 Å². The van der Waals surface area contributed by atoms with Crippen LogP contribution in [-0.4, -0.2) is 26.2 Å². The minimum Gasteiger partial charge on any atom is -0.489 e. The molecule has 1 saturated heterocycles. The van der Waals surface area contributed by atoms with Crippen molar-refractivity contribution in [2.24, 2.45) is 5.92 Å². The van der Waals surface area contributed by atoms with Crippen LogP contribution in [0.15, 0.2) is 54.6 Å². The molecule has 1 heterocycles. The quantitative estimate of drug-likeness (QED) is 0.851. The van der Waals surface area contributed by atoms with Gasteiger partial charge in [-0.05, 0) is 36.2 Å². The number of hydrogen-bond donors (Lipinski definition) is 0. The van der Waals surface area contributed by atoms with Crippen LogP contribution >= 0.6 is 0 Å². The number of carbonyl (C=O) groups is 1. The van der Waals surface area contributed by atoms with E-state index in [9.17, 15) is 4.79 Å². The number of nitrogens with zero attached hydrogens (tertiary/aromatic N) is 1. The van der Waals surface area contributed by atoms with Crippen molar-refractivity contribution in [2.75, 3.05) is 25.2 Å². The molecule has 120 valence electrons. The van der Waals surface area contributed by atoms with Crippen LogP contribution in [0, 0.1) is 5.92 Å². The summed E-state index contributed by atoms with van der Waals surface area (Å²) in [4.78, 5) is 14.1. The number of rotatable bonds is 5. The molecular formula is C19H21NO3. The van der Waals surface area contributed by atoms with Gasteiger partial charge in [-0.25, -0.2) is 0 Å². The number of carbonyl (C=O) groups excluding carboxylic acids is 1. The van der Waals surface area contributed by atoms with Crippen molar-refractivity contribution >= 4 is 11.6 Å². The van der Waals surface area contributed by atoms with Gasteiger partial charge in [0.05, 0.1) is 12.5 Å². The van der Waals surface area contributed by atoms with Gasteiger partial charge in [0, 0.05) is 19.3 Å². The molecule has 3 rings (SSSR count). The molecule has 0 aliphatic carbocycles. The van der Waals surface area contributed by atoms with Gasteiger partial charge in [-0.3, -0.25) is 4.79 Å². The van der Waals surface area contributed by atoms with E-state index in [1.807, 2.05) is 54.6 Å². The summed E-state index contributed by atoms with van der Waals surface area (Å²) in [7, 11) is 1.81. The van der Waals surface area contributed by atoms with E-state index in [2.05, 4.69) is 0 Å². The highest BCUT2D eigenvalue weighted by Gasteiger charge is 2.26. The second-order valence-corrected chi connectivity index (χ2v) is 5.73. The molecule has 1 aliphatic rings. The summed E-state index contributed by atoms with van der Waals surface area (Å²) >= 11 is 0. The monoisotopic (exact) mass is 311 g/mol. The molecule has 1 amide bonds. The molecule has 4 heteroatoms. The summed E-state index contributed by atoms with van der Waals surface area (Å²) in [6.07, 6.45) is 0.807. The van der Waals surface area contributed by atoms with Crippen LogP contribution in [0.5, 0.6) is 5.75 Å². The molecule has 0 radical (unpaired) electrons. The summed E-state index contributed by atoms with van der Waals surface area (Å²) in [5.74, 6) is 0.886. The highest BCUT2D eigenvalue weighted by molar-refractivity contribution is 5.94. The lowest BCUT2D eigenvalue weighted by Crippen LogP contribution is -2.33. The van der Waals surface area contributed by atoms with Crippen molar-refractivity contribution in [3.05, 3.63) is 60.2 Å². The zero-order valence-corrected chi connectivity index (χ0v) is 13.3. The Morgan fingerprint density at radius 1 is 1.17 bits per heavy atom. The first-order valence-corrected chi connectivity index (χ1v) is 7.86. The Hall–Kier alpha value is -2.33. The maximum Gasteiger partial charge on any atom is 0.232 e. The molecule has 0 unspecified atom stereocenters. The number of benzene rings is 2. The Labute approximate surface area is 136 Å². The summed E-state index contributed by atoms with van der Waals surface area (Å²) in [5.41, 5.74) is 2.00. The normalized spacial score (nSPS) is 17.0. The Morgan fingerprint density at radius 3 is 2.57 bits per heavy atom. The van der Waals surface area contributed by atoms with Crippen LogP contribution in [0.4, 0.5) is 5.69 Å². The van der Waals surface area contributed by atoms with Crippen LogP contribution in [0.3, 0.4) is 0 Å². The first kappa shape index (κ1) is 15.6. The molecule has 1 fully saturated rings. The summed E-state index contributed by atoms with van der Waals surface area (Å²) < 4.78 is 11.1.